The summed E-state index contributed by atoms with van der Waals surface area (Å²) in [6, 6.07) is 29.7. The van der Waals surface area contributed by atoms with Gasteiger partial charge in [0, 0.05) is 20.8 Å². The summed E-state index contributed by atoms with van der Waals surface area (Å²) in [5, 5.41) is 0. The van der Waals surface area contributed by atoms with Crippen molar-refractivity contribution in [3.63, 3.8) is 0 Å². The molecule has 4 heterocycles. The van der Waals surface area contributed by atoms with Crippen molar-refractivity contribution in [2.45, 2.75) is 107 Å². The number of carbonyl (C=O) groups excluding carboxylic acids is 3. The smallest absolute Gasteiger partial charge is 0.303 e. The summed E-state index contributed by atoms with van der Waals surface area (Å²) in [6.07, 6.45) is -10.0. The van der Waals surface area contributed by atoms with E-state index in [0.29, 0.717) is 0 Å². The molecule has 4 aliphatic heterocycles. The number of hydrogen-bond acceptors (Lipinski definition) is 13. The largest absolute Gasteiger partial charge is 0.455 e. The molecule has 4 fully saturated rings. The lowest BCUT2D eigenvalue weighted by molar-refractivity contribution is -0.331. The standard InChI is InChI=1S/C40H44O13/c1-23(41)46-33-31(29-21-44-37(49-29)35(33)47-24(2)42)51-38-36(48-25(3)43)34-32(52-39(4,5)53-34)30(50-38)22-45-40(26-15-9-6-10-16-26,27-17-11-7-12-18-27)28-19-13-8-14-20-28/h6-20,29-38H,21-22H2,1-5H3/t29-,30-,31-,32+,33+,34+,35-,36-,37-,38+/m1/s1. The zero-order valence-electron chi connectivity index (χ0n) is 30.2. The van der Waals surface area contributed by atoms with Crippen LogP contribution in [0.25, 0.3) is 0 Å². The van der Waals surface area contributed by atoms with Gasteiger partial charge in [-0.2, -0.15) is 0 Å². The normalized spacial score (nSPS) is 31.6. The van der Waals surface area contributed by atoms with E-state index in [1.54, 1.807) is 13.8 Å². The van der Waals surface area contributed by atoms with Crippen LogP contribution in [-0.4, -0.2) is 98.3 Å². The minimum atomic E-state index is -1.31. The molecule has 53 heavy (non-hydrogen) atoms. The molecule has 3 aromatic rings. The third kappa shape index (κ3) is 7.60. The summed E-state index contributed by atoms with van der Waals surface area (Å²) >= 11 is 0. The summed E-state index contributed by atoms with van der Waals surface area (Å²) < 4.78 is 62.2. The summed E-state index contributed by atoms with van der Waals surface area (Å²) in [5.41, 5.74) is 1.56. The molecule has 10 atom stereocenters. The average Bonchev–Trinajstić information content (AvgIpc) is 3.72. The Hall–Kier alpha value is -4.21. The lowest BCUT2D eigenvalue weighted by Gasteiger charge is -2.46. The molecule has 2 bridgehead atoms. The number of rotatable bonds is 11. The second kappa shape index (κ2) is 15.3. The van der Waals surface area contributed by atoms with Crippen LogP contribution in [0.5, 0.6) is 0 Å². The first kappa shape index (κ1) is 37.1. The highest BCUT2D eigenvalue weighted by Gasteiger charge is 2.61. The SMILES string of the molecule is CC(=O)O[C@@H]1[C@@H](OC(C)=O)[C@@H]2OC[C@@H](O2)[C@H]1O[C@@H]1O[C@H](COC(c2ccccc2)(c2ccccc2)c2ccccc2)[C@@H]2OC(C)(C)O[C@@H]2[C@H]1OC(C)=O. The Labute approximate surface area is 307 Å². The predicted octanol–water partition coefficient (Wildman–Crippen LogP) is 4.18. The molecule has 0 N–H and O–H groups in total. The maximum atomic E-state index is 12.6. The van der Waals surface area contributed by atoms with E-state index in [-0.39, 0.29) is 13.2 Å². The number of benzene rings is 3. The van der Waals surface area contributed by atoms with Crippen LogP contribution < -0.4 is 0 Å². The summed E-state index contributed by atoms with van der Waals surface area (Å²) in [6.45, 7) is 7.27. The van der Waals surface area contributed by atoms with Gasteiger partial charge in [-0.1, -0.05) is 91.0 Å². The summed E-state index contributed by atoms with van der Waals surface area (Å²) in [7, 11) is 0. The van der Waals surface area contributed by atoms with Crippen LogP contribution >= 0.6 is 0 Å². The van der Waals surface area contributed by atoms with Crippen LogP contribution in [0.15, 0.2) is 91.0 Å². The maximum absolute atomic E-state index is 12.6. The van der Waals surface area contributed by atoms with Crippen LogP contribution in [0.1, 0.15) is 51.3 Å². The van der Waals surface area contributed by atoms with Crippen LogP contribution in [0, 0.1) is 0 Å². The zero-order chi connectivity index (χ0) is 37.3. The van der Waals surface area contributed by atoms with E-state index >= 15 is 0 Å². The van der Waals surface area contributed by atoms with Crippen molar-refractivity contribution in [2.24, 2.45) is 0 Å². The Morgan fingerprint density at radius 2 is 1.15 bits per heavy atom. The molecule has 282 valence electrons. The Kier molecular flexibility index (Phi) is 10.7. The van der Waals surface area contributed by atoms with Gasteiger partial charge in [-0.15, -0.1) is 0 Å². The van der Waals surface area contributed by atoms with Gasteiger partial charge in [-0.05, 0) is 30.5 Å². The van der Waals surface area contributed by atoms with Crippen molar-refractivity contribution >= 4 is 17.9 Å². The molecule has 0 spiro atoms. The third-order valence-corrected chi connectivity index (χ3v) is 9.65. The maximum Gasteiger partial charge on any atom is 0.303 e. The molecule has 0 aliphatic carbocycles. The van der Waals surface area contributed by atoms with E-state index in [4.69, 9.17) is 47.4 Å². The number of hydrogen-bond donors (Lipinski definition) is 0. The first-order valence-corrected chi connectivity index (χ1v) is 17.7. The second-order valence-electron chi connectivity index (χ2n) is 13.9. The van der Waals surface area contributed by atoms with Crippen molar-refractivity contribution in [3.05, 3.63) is 108 Å². The molecule has 0 aromatic heterocycles. The molecule has 13 nitrogen and oxygen atoms in total. The molecule has 4 saturated heterocycles. The molecular weight excluding hydrogens is 688 g/mol. The van der Waals surface area contributed by atoms with E-state index < -0.39 is 90.7 Å². The van der Waals surface area contributed by atoms with Gasteiger partial charge in [0.1, 0.15) is 36.1 Å². The van der Waals surface area contributed by atoms with E-state index in [9.17, 15) is 14.4 Å². The van der Waals surface area contributed by atoms with Crippen molar-refractivity contribution in [3.8, 4) is 0 Å². The molecule has 0 saturated carbocycles. The third-order valence-electron chi connectivity index (χ3n) is 9.65. The Balaban J connectivity index is 1.26. The minimum Gasteiger partial charge on any atom is -0.455 e. The zero-order valence-corrected chi connectivity index (χ0v) is 30.2. The van der Waals surface area contributed by atoms with E-state index in [1.165, 1.54) is 20.8 Å². The molecule has 3 aromatic carbocycles. The van der Waals surface area contributed by atoms with E-state index in [0.717, 1.165) is 16.7 Å². The number of carbonyl (C=O) groups is 3. The Morgan fingerprint density at radius 1 is 0.660 bits per heavy atom. The quantitative estimate of drug-likeness (QED) is 0.158. The van der Waals surface area contributed by atoms with Gasteiger partial charge in [0.15, 0.2) is 36.7 Å². The first-order chi connectivity index (χ1) is 25.4. The predicted molar refractivity (Wildman–Crippen MR) is 184 cm³/mol. The molecule has 7 rings (SSSR count). The summed E-state index contributed by atoms with van der Waals surface area (Å²) in [5.74, 6) is -2.97. The molecule has 0 amide bonds. The number of esters is 3. The lowest BCUT2D eigenvalue weighted by Crippen LogP contribution is -2.64. The van der Waals surface area contributed by atoms with Crippen molar-refractivity contribution in [1.82, 2.24) is 0 Å². The van der Waals surface area contributed by atoms with Gasteiger partial charge >= 0.3 is 17.9 Å². The van der Waals surface area contributed by atoms with Gasteiger partial charge < -0.3 is 47.4 Å². The lowest BCUT2D eigenvalue weighted by atomic mass is 9.80. The number of fused-ring (bicyclic) bond motifs is 3. The van der Waals surface area contributed by atoms with Crippen LogP contribution in [0.4, 0.5) is 0 Å². The van der Waals surface area contributed by atoms with Crippen LogP contribution in [-0.2, 0) is 67.4 Å². The van der Waals surface area contributed by atoms with E-state index in [1.807, 2.05) is 91.0 Å². The fourth-order valence-electron chi connectivity index (χ4n) is 7.67. The van der Waals surface area contributed by atoms with Crippen molar-refractivity contribution < 1.29 is 61.8 Å². The molecular formula is C40H44O13. The van der Waals surface area contributed by atoms with Gasteiger partial charge in [-0.3, -0.25) is 14.4 Å². The van der Waals surface area contributed by atoms with Gasteiger partial charge in [0.2, 0.25) is 0 Å². The van der Waals surface area contributed by atoms with Gasteiger partial charge in [0.25, 0.3) is 0 Å². The fourth-order valence-corrected chi connectivity index (χ4v) is 7.67. The summed E-state index contributed by atoms with van der Waals surface area (Å²) in [4.78, 5) is 37.1. The fraction of sp³-hybridized carbons (Fsp3) is 0.475. The average molecular weight is 733 g/mol. The molecule has 4 aliphatic rings. The second-order valence-corrected chi connectivity index (χ2v) is 13.9. The van der Waals surface area contributed by atoms with Crippen molar-refractivity contribution in [2.75, 3.05) is 13.2 Å². The first-order valence-electron chi connectivity index (χ1n) is 17.7. The highest BCUT2D eigenvalue weighted by atomic mass is 16.8. The van der Waals surface area contributed by atoms with Crippen LogP contribution in [0.2, 0.25) is 0 Å². The highest BCUT2D eigenvalue weighted by Crippen LogP contribution is 2.45. The van der Waals surface area contributed by atoms with E-state index in [2.05, 4.69) is 0 Å². The molecule has 13 heteroatoms. The van der Waals surface area contributed by atoms with Crippen molar-refractivity contribution in [1.29, 1.82) is 0 Å². The van der Waals surface area contributed by atoms with Gasteiger partial charge in [-0.25, -0.2) is 0 Å². The monoisotopic (exact) mass is 732 g/mol. The molecule has 0 radical (unpaired) electrons. The topological polar surface area (TPSA) is 144 Å². The Bertz CT molecular complexity index is 1640. The van der Waals surface area contributed by atoms with Crippen LogP contribution in [0.3, 0.4) is 0 Å². The van der Waals surface area contributed by atoms with Gasteiger partial charge in [0.05, 0.1) is 13.2 Å². The Morgan fingerprint density at radius 3 is 1.68 bits per heavy atom. The minimum absolute atomic E-state index is 0.0365. The molecule has 0 unspecified atom stereocenters. The highest BCUT2D eigenvalue weighted by molar-refractivity contribution is 5.67. The number of ether oxygens (including phenoxy) is 10.